The zero-order chi connectivity index (χ0) is 8.97. The third-order valence-corrected chi connectivity index (χ3v) is 2.88. The van der Waals surface area contributed by atoms with Crippen LogP contribution in [0, 0.1) is 11.8 Å². The molecule has 1 aliphatic heterocycles. The molecule has 12 heavy (non-hydrogen) atoms. The summed E-state index contributed by atoms with van der Waals surface area (Å²) < 4.78 is 0. The fourth-order valence-electron chi connectivity index (χ4n) is 1.54. The highest BCUT2D eigenvalue weighted by molar-refractivity contribution is 5.82. The third-order valence-electron chi connectivity index (χ3n) is 2.88. The summed E-state index contributed by atoms with van der Waals surface area (Å²) in [5.41, 5.74) is 0. The SMILES string of the molecule is CCC(CC)CC(=O)C1CNC1. The Morgan fingerprint density at radius 1 is 1.42 bits per heavy atom. The van der Waals surface area contributed by atoms with Gasteiger partial charge in [0.2, 0.25) is 0 Å². The van der Waals surface area contributed by atoms with Crippen molar-refractivity contribution in [1.82, 2.24) is 5.32 Å². The molecule has 1 fully saturated rings. The molecule has 0 bridgehead atoms. The van der Waals surface area contributed by atoms with E-state index in [1.165, 1.54) is 0 Å². The van der Waals surface area contributed by atoms with E-state index in [2.05, 4.69) is 19.2 Å². The fraction of sp³-hybridized carbons (Fsp3) is 0.900. The van der Waals surface area contributed by atoms with Crippen molar-refractivity contribution in [2.45, 2.75) is 33.1 Å². The summed E-state index contributed by atoms with van der Waals surface area (Å²) in [5, 5.41) is 3.13. The lowest BCUT2D eigenvalue weighted by Gasteiger charge is -2.27. The lowest BCUT2D eigenvalue weighted by molar-refractivity contribution is -0.125. The number of hydrogen-bond acceptors (Lipinski definition) is 2. The summed E-state index contributed by atoms with van der Waals surface area (Å²) in [6.07, 6.45) is 3.09. The lowest BCUT2D eigenvalue weighted by Crippen LogP contribution is -2.46. The molecule has 0 aromatic rings. The van der Waals surface area contributed by atoms with E-state index in [4.69, 9.17) is 0 Å². The molecule has 1 aliphatic rings. The summed E-state index contributed by atoms with van der Waals surface area (Å²) in [6, 6.07) is 0. The van der Waals surface area contributed by atoms with Crippen LogP contribution < -0.4 is 5.32 Å². The average Bonchev–Trinajstić information content (AvgIpc) is 1.96. The average molecular weight is 169 g/mol. The summed E-state index contributed by atoms with van der Waals surface area (Å²) in [7, 11) is 0. The van der Waals surface area contributed by atoms with Crippen LogP contribution in [0.4, 0.5) is 0 Å². The molecule has 0 radical (unpaired) electrons. The lowest BCUT2D eigenvalue weighted by atomic mass is 9.88. The Morgan fingerprint density at radius 3 is 2.33 bits per heavy atom. The molecule has 1 rings (SSSR count). The molecule has 1 heterocycles. The monoisotopic (exact) mass is 169 g/mol. The van der Waals surface area contributed by atoms with Crippen molar-refractivity contribution in [2.24, 2.45) is 11.8 Å². The zero-order valence-corrected chi connectivity index (χ0v) is 8.10. The van der Waals surface area contributed by atoms with Crippen LogP contribution in [-0.4, -0.2) is 18.9 Å². The summed E-state index contributed by atoms with van der Waals surface area (Å²) in [5.74, 6) is 1.44. The largest absolute Gasteiger partial charge is 0.315 e. The first-order chi connectivity index (χ1) is 5.77. The van der Waals surface area contributed by atoms with E-state index in [1.807, 2.05) is 0 Å². The van der Waals surface area contributed by atoms with Crippen molar-refractivity contribution in [3.05, 3.63) is 0 Å². The van der Waals surface area contributed by atoms with Gasteiger partial charge in [0.05, 0.1) is 0 Å². The molecule has 2 heteroatoms. The van der Waals surface area contributed by atoms with Crippen LogP contribution in [-0.2, 0) is 4.79 Å². The van der Waals surface area contributed by atoms with Gasteiger partial charge in [-0.05, 0) is 5.92 Å². The van der Waals surface area contributed by atoms with E-state index in [0.29, 0.717) is 17.6 Å². The van der Waals surface area contributed by atoms with Crippen molar-refractivity contribution in [1.29, 1.82) is 0 Å². The summed E-state index contributed by atoms with van der Waals surface area (Å²) >= 11 is 0. The van der Waals surface area contributed by atoms with E-state index in [-0.39, 0.29) is 0 Å². The zero-order valence-electron chi connectivity index (χ0n) is 8.10. The van der Waals surface area contributed by atoms with Crippen molar-refractivity contribution in [3.63, 3.8) is 0 Å². The molecule has 2 nitrogen and oxygen atoms in total. The Morgan fingerprint density at radius 2 is 2.00 bits per heavy atom. The molecule has 0 saturated carbocycles. The summed E-state index contributed by atoms with van der Waals surface area (Å²) in [6.45, 7) is 6.17. The van der Waals surface area contributed by atoms with Crippen molar-refractivity contribution in [3.8, 4) is 0 Å². The van der Waals surface area contributed by atoms with Gasteiger partial charge in [-0.15, -0.1) is 0 Å². The first-order valence-electron chi connectivity index (χ1n) is 5.01. The second kappa shape index (κ2) is 4.61. The Hall–Kier alpha value is -0.370. The van der Waals surface area contributed by atoms with Crippen LogP contribution in [0.3, 0.4) is 0 Å². The second-order valence-corrected chi connectivity index (χ2v) is 3.71. The minimum atomic E-state index is 0.339. The normalized spacial score (nSPS) is 17.9. The minimum Gasteiger partial charge on any atom is -0.315 e. The predicted molar refractivity (Wildman–Crippen MR) is 50.1 cm³/mol. The molecule has 1 saturated heterocycles. The first-order valence-corrected chi connectivity index (χ1v) is 5.01. The van der Waals surface area contributed by atoms with Crippen LogP contribution in [0.25, 0.3) is 0 Å². The topological polar surface area (TPSA) is 29.1 Å². The molecule has 0 spiro atoms. The van der Waals surface area contributed by atoms with Gasteiger partial charge in [-0.25, -0.2) is 0 Å². The Labute approximate surface area is 74.7 Å². The Bertz CT molecular complexity index is 148. The highest BCUT2D eigenvalue weighted by atomic mass is 16.1. The van der Waals surface area contributed by atoms with Gasteiger partial charge >= 0.3 is 0 Å². The van der Waals surface area contributed by atoms with E-state index in [1.54, 1.807) is 0 Å². The third kappa shape index (κ3) is 2.31. The number of carbonyl (C=O) groups excluding carboxylic acids is 1. The maximum atomic E-state index is 11.5. The molecule has 0 aromatic heterocycles. The number of carbonyl (C=O) groups is 1. The van der Waals surface area contributed by atoms with Crippen LogP contribution in [0.5, 0.6) is 0 Å². The van der Waals surface area contributed by atoms with Gasteiger partial charge in [0.1, 0.15) is 5.78 Å². The van der Waals surface area contributed by atoms with Crippen LogP contribution in [0.2, 0.25) is 0 Å². The van der Waals surface area contributed by atoms with Gasteiger partial charge in [-0.1, -0.05) is 26.7 Å². The Balaban J connectivity index is 2.23. The number of Topliss-reactive ketones (excluding diaryl/α,β-unsaturated/α-hetero) is 1. The molecule has 0 aromatic carbocycles. The predicted octanol–water partition coefficient (Wildman–Crippen LogP) is 1.60. The van der Waals surface area contributed by atoms with Gasteiger partial charge in [0.15, 0.2) is 0 Å². The standard InChI is InChI=1S/C10H19NO/c1-3-8(4-2)5-10(12)9-6-11-7-9/h8-9,11H,3-7H2,1-2H3. The second-order valence-electron chi connectivity index (χ2n) is 3.71. The number of rotatable bonds is 5. The van der Waals surface area contributed by atoms with Gasteiger partial charge in [-0.3, -0.25) is 4.79 Å². The smallest absolute Gasteiger partial charge is 0.138 e. The van der Waals surface area contributed by atoms with Crippen molar-refractivity contribution in [2.75, 3.05) is 13.1 Å². The molecule has 70 valence electrons. The maximum absolute atomic E-state index is 11.5. The van der Waals surface area contributed by atoms with E-state index in [0.717, 1.165) is 32.4 Å². The van der Waals surface area contributed by atoms with Gasteiger partial charge in [-0.2, -0.15) is 0 Å². The molecule has 1 N–H and O–H groups in total. The quantitative estimate of drug-likeness (QED) is 0.677. The molecule has 0 unspecified atom stereocenters. The fourth-order valence-corrected chi connectivity index (χ4v) is 1.54. The number of hydrogen-bond donors (Lipinski definition) is 1. The van der Waals surface area contributed by atoms with Crippen molar-refractivity contribution < 1.29 is 4.79 Å². The molecular weight excluding hydrogens is 150 g/mol. The molecule has 0 aliphatic carbocycles. The number of ketones is 1. The van der Waals surface area contributed by atoms with Gasteiger partial charge in [0, 0.05) is 25.4 Å². The highest BCUT2D eigenvalue weighted by Crippen LogP contribution is 2.17. The van der Waals surface area contributed by atoms with E-state index < -0.39 is 0 Å². The first kappa shape index (κ1) is 9.72. The minimum absolute atomic E-state index is 0.339. The van der Waals surface area contributed by atoms with E-state index >= 15 is 0 Å². The van der Waals surface area contributed by atoms with Crippen LogP contribution in [0.15, 0.2) is 0 Å². The molecule has 0 amide bonds. The van der Waals surface area contributed by atoms with Crippen LogP contribution in [0.1, 0.15) is 33.1 Å². The van der Waals surface area contributed by atoms with Crippen LogP contribution >= 0.6 is 0 Å². The van der Waals surface area contributed by atoms with Gasteiger partial charge < -0.3 is 5.32 Å². The molecule has 0 atom stereocenters. The highest BCUT2D eigenvalue weighted by Gasteiger charge is 2.25. The van der Waals surface area contributed by atoms with Crippen molar-refractivity contribution >= 4 is 5.78 Å². The maximum Gasteiger partial charge on any atom is 0.138 e. The van der Waals surface area contributed by atoms with E-state index in [9.17, 15) is 4.79 Å². The number of nitrogens with one attached hydrogen (secondary N) is 1. The van der Waals surface area contributed by atoms with Gasteiger partial charge in [0.25, 0.3) is 0 Å². The Kier molecular flexibility index (Phi) is 3.73. The molecular formula is C10H19NO. The summed E-state index contributed by atoms with van der Waals surface area (Å²) in [4.78, 5) is 11.5.